The van der Waals surface area contributed by atoms with Gasteiger partial charge in [-0.15, -0.1) is 0 Å². The lowest BCUT2D eigenvalue weighted by Crippen LogP contribution is -2.24. The van der Waals surface area contributed by atoms with Gasteiger partial charge in [-0.25, -0.2) is 4.98 Å². The molecular weight excluding hydrogens is 367 g/mol. The Morgan fingerprint density at radius 2 is 2.06 bits per heavy atom. The van der Waals surface area contributed by atoms with Crippen LogP contribution in [0.2, 0.25) is 5.15 Å². The molecule has 0 radical (unpaired) electrons. The summed E-state index contributed by atoms with van der Waals surface area (Å²) < 4.78 is 3.78. The topological polar surface area (TPSA) is 52.7 Å². The number of rotatable bonds is 2. The normalized spacial score (nSPS) is 10.9. The highest BCUT2D eigenvalue weighted by atomic mass is 127. The fourth-order valence-electron chi connectivity index (χ4n) is 1.68. The van der Waals surface area contributed by atoms with E-state index in [2.05, 4.69) is 10.1 Å². The smallest absolute Gasteiger partial charge is 0.267 e. The lowest BCUT2D eigenvalue weighted by atomic mass is 10.2. The average Bonchev–Trinajstić information content (AvgIpc) is 2.56. The number of halogens is 2. The second-order valence-electron chi connectivity index (χ2n) is 4.06. The van der Waals surface area contributed by atoms with Gasteiger partial charge in [0, 0.05) is 12.6 Å². The zero-order valence-electron chi connectivity index (χ0n) is 10.2. The summed E-state index contributed by atoms with van der Waals surface area (Å²) in [4.78, 5) is 16.3. The van der Waals surface area contributed by atoms with Crippen LogP contribution in [0.15, 0.2) is 11.1 Å². The summed E-state index contributed by atoms with van der Waals surface area (Å²) in [6.45, 7) is 4.08. The Bertz CT molecular complexity index is 662. The van der Waals surface area contributed by atoms with Crippen LogP contribution in [0.25, 0.3) is 0 Å². The van der Waals surface area contributed by atoms with E-state index < -0.39 is 0 Å². The molecule has 2 rings (SSSR count). The van der Waals surface area contributed by atoms with Crippen molar-refractivity contribution in [3.63, 3.8) is 0 Å². The van der Waals surface area contributed by atoms with E-state index in [1.807, 2.05) is 36.4 Å². The molecule has 18 heavy (non-hydrogen) atoms. The summed E-state index contributed by atoms with van der Waals surface area (Å²) in [6.07, 6.45) is 1.54. The van der Waals surface area contributed by atoms with E-state index in [1.165, 1.54) is 0 Å². The van der Waals surface area contributed by atoms with Crippen LogP contribution in [-0.2, 0) is 13.6 Å². The van der Waals surface area contributed by atoms with Crippen LogP contribution in [0.3, 0.4) is 0 Å². The minimum absolute atomic E-state index is 0.0533. The summed E-state index contributed by atoms with van der Waals surface area (Å²) in [5.74, 6) is 0. The standard InChI is InChI=1S/C11H12ClIN4O/c1-6-8(10(12)16(3)15-6)4-17-5-14-7(2)9(13)11(17)18/h5H,4H2,1-3H3. The number of aromatic nitrogens is 4. The van der Waals surface area contributed by atoms with E-state index >= 15 is 0 Å². The van der Waals surface area contributed by atoms with Crippen molar-refractivity contribution in [3.8, 4) is 0 Å². The van der Waals surface area contributed by atoms with Gasteiger partial charge in [-0.3, -0.25) is 14.0 Å². The Morgan fingerprint density at radius 3 is 2.61 bits per heavy atom. The van der Waals surface area contributed by atoms with Gasteiger partial charge in [0.05, 0.1) is 27.8 Å². The largest absolute Gasteiger partial charge is 0.294 e. The van der Waals surface area contributed by atoms with Crippen LogP contribution in [-0.4, -0.2) is 19.3 Å². The van der Waals surface area contributed by atoms with E-state index in [1.54, 1.807) is 22.6 Å². The molecule has 2 heterocycles. The molecular formula is C11H12ClIN4O. The Balaban J connectivity index is 2.47. The van der Waals surface area contributed by atoms with Crippen LogP contribution < -0.4 is 5.56 Å². The second-order valence-corrected chi connectivity index (χ2v) is 5.49. The van der Waals surface area contributed by atoms with Gasteiger partial charge in [-0.2, -0.15) is 5.10 Å². The maximum atomic E-state index is 12.1. The Kier molecular flexibility index (Phi) is 3.76. The van der Waals surface area contributed by atoms with E-state index in [9.17, 15) is 4.79 Å². The maximum Gasteiger partial charge on any atom is 0.267 e. The van der Waals surface area contributed by atoms with Crippen molar-refractivity contribution in [1.29, 1.82) is 0 Å². The lowest BCUT2D eigenvalue weighted by molar-refractivity contribution is 0.719. The quantitative estimate of drug-likeness (QED) is 0.750. The Hall–Kier alpha value is -0.890. The fraction of sp³-hybridized carbons (Fsp3) is 0.364. The molecule has 0 aliphatic heterocycles. The number of hydrogen-bond acceptors (Lipinski definition) is 3. The van der Waals surface area contributed by atoms with E-state index in [0.29, 0.717) is 15.3 Å². The molecule has 0 unspecified atom stereocenters. The Morgan fingerprint density at radius 1 is 1.39 bits per heavy atom. The molecule has 7 heteroatoms. The minimum atomic E-state index is -0.0533. The molecule has 0 saturated carbocycles. The molecule has 0 saturated heterocycles. The van der Waals surface area contributed by atoms with Gasteiger partial charge >= 0.3 is 0 Å². The highest BCUT2D eigenvalue weighted by Crippen LogP contribution is 2.19. The second kappa shape index (κ2) is 5.00. The molecule has 0 amide bonds. The number of hydrogen-bond donors (Lipinski definition) is 0. The predicted octanol–water partition coefficient (Wildman–Crippen LogP) is 1.90. The molecule has 0 atom stereocenters. The van der Waals surface area contributed by atoms with Crippen molar-refractivity contribution >= 4 is 34.2 Å². The predicted molar refractivity (Wildman–Crippen MR) is 78.0 cm³/mol. The lowest BCUT2D eigenvalue weighted by Gasteiger charge is -2.06. The summed E-state index contributed by atoms with van der Waals surface area (Å²) in [7, 11) is 1.78. The van der Waals surface area contributed by atoms with Crippen molar-refractivity contribution in [2.24, 2.45) is 7.05 Å². The van der Waals surface area contributed by atoms with Crippen LogP contribution in [0.4, 0.5) is 0 Å². The van der Waals surface area contributed by atoms with Crippen molar-refractivity contribution in [2.45, 2.75) is 20.4 Å². The van der Waals surface area contributed by atoms with Crippen molar-refractivity contribution in [1.82, 2.24) is 19.3 Å². The first-order chi connectivity index (χ1) is 8.41. The van der Waals surface area contributed by atoms with Crippen molar-refractivity contribution in [2.75, 3.05) is 0 Å². The van der Waals surface area contributed by atoms with Gasteiger partial charge in [0.2, 0.25) is 0 Å². The third kappa shape index (κ3) is 2.31. The van der Waals surface area contributed by atoms with E-state index in [-0.39, 0.29) is 5.56 Å². The molecule has 2 aromatic heterocycles. The molecule has 0 fully saturated rings. The zero-order valence-corrected chi connectivity index (χ0v) is 13.2. The number of aryl methyl sites for hydroxylation is 3. The molecule has 0 N–H and O–H groups in total. The fourth-order valence-corrected chi connectivity index (χ4v) is 2.37. The maximum absolute atomic E-state index is 12.1. The summed E-state index contributed by atoms with van der Waals surface area (Å²) in [5.41, 5.74) is 2.36. The summed E-state index contributed by atoms with van der Waals surface area (Å²) >= 11 is 8.16. The molecule has 0 spiro atoms. The number of nitrogens with zero attached hydrogens (tertiary/aromatic N) is 4. The highest BCUT2D eigenvalue weighted by molar-refractivity contribution is 14.1. The van der Waals surface area contributed by atoms with Gasteiger partial charge in [0.25, 0.3) is 5.56 Å². The summed E-state index contributed by atoms with van der Waals surface area (Å²) in [6, 6.07) is 0. The van der Waals surface area contributed by atoms with Crippen LogP contribution >= 0.6 is 34.2 Å². The molecule has 0 aromatic carbocycles. The van der Waals surface area contributed by atoms with Crippen LogP contribution in [0, 0.1) is 17.4 Å². The molecule has 96 valence electrons. The first kappa shape index (κ1) is 13.5. The molecule has 2 aromatic rings. The monoisotopic (exact) mass is 378 g/mol. The highest BCUT2D eigenvalue weighted by Gasteiger charge is 2.13. The third-order valence-corrected chi connectivity index (χ3v) is 4.47. The molecule has 0 bridgehead atoms. The third-order valence-electron chi connectivity index (χ3n) is 2.76. The van der Waals surface area contributed by atoms with Crippen LogP contribution in [0.5, 0.6) is 0 Å². The molecule has 0 aliphatic rings. The van der Waals surface area contributed by atoms with Gasteiger partial charge in [-0.1, -0.05) is 11.6 Å². The molecule has 0 aliphatic carbocycles. The van der Waals surface area contributed by atoms with Gasteiger partial charge in [0.15, 0.2) is 0 Å². The zero-order chi connectivity index (χ0) is 13.4. The van der Waals surface area contributed by atoms with E-state index in [4.69, 9.17) is 11.6 Å². The Labute approximate surface area is 123 Å². The van der Waals surface area contributed by atoms with Crippen molar-refractivity contribution < 1.29 is 0 Å². The first-order valence-electron chi connectivity index (χ1n) is 5.31. The minimum Gasteiger partial charge on any atom is -0.294 e. The molecule has 5 nitrogen and oxygen atoms in total. The summed E-state index contributed by atoms with van der Waals surface area (Å²) in [5, 5.41) is 4.77. The van der Waals surface area contributed by atoms with E-state index in [0.717, 1.165) is 17.0 Å². The first-order valence-corrected chi connectivity index (χ1v) is 6.77. The van der Waals surface area contributed by atoms with Gasteiger partial charge in [0.1, 0.15) is 5.15 Å². The SMILES string of the molecule is Cc1nn(C)c(Cl)c1Cn1cnc(C)c(I)c1=O. The van der Waals surface area contributed by atoms with Gasteiger partial charge < -0.3 is 0 Å². The van der Waals surface area contributed by atoms with Crippen molar-refractivity contribution in [3.05, 3.63) is 42.4 Å². The van der Waals surface area contributed by atoms with Gasteiger partial charge in [-0.05, 0) is 36.4 Å². The average molecular weight is 379 g/mol. The van der Waals surface area contributed by atoms with Crippen LogP contribution in [0.1, 0.15) is 17.0 Å².